The van der Waals surface area contributed by atoms with E-state index in [2.05, 4.69) is 18.2 Å². The van der Waals surface area contributed by atoms with Gasteiger partial charge in [-0.05, 0) is 64.7 Å². The van der Waals surface area contributed by atoms with E-state index < -0.39 is 15.8 Å². The molecule has 0 aliphatic carbocycles. The molecule has 1 aliphatic heterocycles. The molecule has 216 valence electrons. The summed E-state index contributed by atoms with van der Waals surface area (Å²) in [5.74, 6) is -0.797. The molecule has 0 aromatic heterocycles. The zero-order valence-corrected chi connectivity index (χ0v) is 24.7. The molecule has 0 saturated carbocycles. The van der Waals surface area contributed by atoms with Gasteiger partial charge >= 0.3 is 0 Å². The Bertz CT molecular complexity index is 1870. The summed E-state index contributed by atoms with van der Waals surface area (Å²) in [5.41, 5.74) is 4.54. The predicted molar refractivity (Wildman–Crippen MR) is 167 cm³/mol. The molecule has 1 atom stereocenters. The van der Waals surface area contributed by atoms with Crippen LogP contribution in [0.2, 0.25) is 5.02 Å². The molecule has 0 bridgehead atoms. The number of amides is 1. The van der Waals surface area contributed by atoms with Crippen LogP contribution in [0, 0.1) is 5.82 Å². The first-order valence-corrected chi connectivity index (χ1v) is 15.7. The number of anilines is 1. The molecule has 0 fully saturated rings. The van der Waals surface area contributed by atoms with Gasteiger partial charge in [0.2, 0.25) is 0 Å². The van der Waals surface area contributed by atoms with Crippen molar-refractivity contribution in [1.82, 2.24) is 4.90 Å². The molecule has 0 spiro atoms. The maximum atomic E-state index is 14.2. The molecule has 6 rings (SSSR count). The lowest BCUT2D eigenvalue weighted by Crippen LogP contribution is -2.38. The van der Waals surface area contributed by atoms with E-state index in [1.165, 1.54) is 46.3 Å². The summed E-state index contributed by atoms with van der Waals surface area (Å²) in [7, 11) is -4.28. The van der Waals surface area contributed by atoms with Crippen molar-refractivity contribution < 1.29 is 17.6 Å². The van der Waals surface area contributed by atoms with Gasteiger partial charge in [-0.25, -0.2) is 12.8 Å². The molecule has 0 N–H and O–H groups in total. The van der Waals surface area contributed by atoms with Crippen molar-refractivity contribution in [3.05, 3.63) is 166 Å². The van der Waals surface area contributed by atoms with Crippen LogP contribution in [0.15, 0.2) is 132 Å². The quantitative estimate of drug-likeness (QED) is 0.190. The standard InChI is InChI=1S/C35H28ClFN2O3S/c36-33-20-15-27(35(40)38-23-28-13-7-8-14-31(28)32(24-38)26-11-5-2-6-12-26)21-34(33)43(41,42)39(22-25-9-3-1-4-10-25)30-18-16-29(37)17-19-30/h1-21,32H,22-24H2. The highest BCUT2D eigenvalue weighted by Gasteiger charge is 2.32. The van der Waals surface area contributed by atoms with E-state index in [1.807, 2.05) is 66.7 Å². The van der Waals surface area contributed by atoms with E-state index >= 15 is 0 Å². The molecule has 1 heterocycles. The summed E-state index contributed by atoms with van der Waals surface area (Å²) < 4.78 is 43.4. The van der Waals surface area contributed by atoms with Gasteiger partial charge in [0.1, 0.15) is 10.7 Å². The smallest absolute Gasteiger partial charge is 0.266 e. The summed E-state index contributed by atoms with van der Waals surface area (Å²) in [4.78, 5) is 15.5. The molecular formula is C35H28ClFN2O3S. The zero-order valence-electron chi connectivity index (χ0n) is 23.1. The first-order chi connectivity index (χ1) is 20.8. The Labute approximate surface area is 255 Å². The molecule has 1 amide bonds. The second-order valence-corrected chi connectivity index (χ2v) is 12.7. The first-order valence-electron chi connectivity index (χ1n) is 13.8. The third kappa shape index (κ3) is 5.91. The summed E-state index contributed by atoms with van der Waals surface area (Å²) >= 11 is 6.51. The summed E-state index contributed by atoms with van der Waals surface area (Å²) in [6.07, 6.45) is 0. The fraction of sp³-hybridized carbons (Fsp3) is 0.114. The molecular weight excluding hydrogens is 583 g/mol. The molecule has 43 heavy (non-hydrogen) atoms. The van der Waals surface area contributed by atoms with Crippen molar-refractivity contribution in [3.63, 3.8) is 0 Å². The maximum absolute atomic E-state index is 14.2. The van der Waals surface area contributed by atoms with Crippen LogP contribution in [0.3, 0.4) is 0 Å². The lowest BCUT2D eigenvalue weighted by molar-refractivity contribution is 0.0724. The van der Waals surface area contributed by atoms with E-state index in [4.69, 9.17) is 11.6 Å². The zero-order chi connectivity index (χ0) is 30.0. The van der Waals surface area contributed by atoms with Gasteiger partial charge in [-0.15, -0.1) is 0 Å². The number of fused-ring (bicyclic) bond motifs is 1. The van der Waals surface area contributed by atoms with Crippen molar-refractivity contribution in [2.24, 2.45) is 0 Å². The van der Waals surface area contributed by atoms with E-state index in [1.54, 1.807) is 11.0 Å². The minimum atomic E-state index is -4.28. The minimum Gasteiger partial charge on any atom is -0.333 e. The Balaban J connectivity index is 1.36. The number of hydrogen-bond donors (Lipinski definition) is 0. The number of carbonyl (C=O) groups excluding carboxylic acids is 1. The highest BCUT2D eigenvalue weighted by Crippen LogP contribution is 2.35. The second-order valence-electron chi connectivity index (χ2n) is 10.5. The molecule has 5 aromatic carbocycles. The van der Waals surface area contributed by atoms with Crippen LogP contribution >= 0.6 is 11.6 Å². The van der Waals surface area contributed by atoms with Crippen LogP contribution < -0.4 is 4.31 Å². The van der Waals surface area contributed by atoms with Gasteiger partial charge in [-0.2, -0.15) is 0 Å². The first kappa shape index (κ1) is 28.6. The Morgan fingerprint density at radius 1 is 0.837 bits per heavy atom. The third-order valence-corrected chi connectivity index (χ3v) is 9.97. The highest BCUT2D eigenvalue weighted by atomic mass is 35.5. The molecule has 5 nitrogen and oxygen atoms in total. The molecule has 1 unspecified atom stereocenters. The lowest BCUT2D eigenvalue weighted by Gasteiger charge is -2.35. The summed E-state index contributed by atoms with van der Waals surface area (Å²) in [5, 5.41) is -0.0112. The van der Waals surface area contributed by atoms with Gasteiger partial charge in [0, 0.05) is 24.6 Å². The number of hydrogen-bond acceptors (Lipinski definition) is 3. The van der Waals surface area contributed by atoms with Crippen molar-refractivity contribution in [2.45, 2.75) is 23.9 Å². The second kappa shape index (κ2) is 12.0. The molecule has 1 aliphatic rings. The van der Waals surface area contributed by atoms with Crippen LogP contribution in [0.1, 0.15) is 38.5 Å². The molecule has 0 saturated heterocycles. The molecule has 5 aromatic rings. The molecule has 0 radical (unpaired) electrons. The van der Waals surface area contributed by atoms with Gasteiger partial charge in [-0.1, -0.05) is 96.5 Å². The average molecular weight is 611 g/mol. The van der Waals surface area contributed by atoms with Crippen molar-refractivity contribution >= 4 is 33.2 Å². The fourth-order valence-corrected chi connectivity index (χ4v) is 7.50. The summed E-state index contributed by atoms with van der Waals surface area (Å²) in [6.45, 7) is 0.837. The normalized spacial score (nSPS) is 14.7. The Kier molecular flexibility index (Phi) is 8.02. The monoisotopic (exact) mass is 610 g/mol. The number of sulfonamides is 1. The van der Waals surface area contributed by atoms with E-state index in [-0.39, 0.29) is 39.5 Å². The van der Waals surface area contributed by atoms with Crippen LogP contribution in [-0.4, -0.2) is 25.8 Å². The largest absolute Gasteiger partial charge is 0.333 e. The minimum absolute atomic E-state index is 0.00896. The number of carbonyl (C=O) groups is 1. The van der Waals surface area contributed by atoms with Gasteiger partial charge in [0.25, 0.3) is 15.9 Å². The van der Waals surface area contributed by atoms with Gasteiger partial charge < -0.3 is 4.90 Å². The maximum Gasteiger partial charge on any atom is 0.266 e. The number of nitrogens with zero attached hydrogens (tertiary/aromatic N) is 2. The van der Waals surface area contributed by atoms with Crippen LogP contribution in [0.4, 0.5) is 10.1 Å². The third-order valence-electron chi connectivity index (χ3n) is 7.71. The average Bonchev–Trinajstić information content (AvgIpc) is 3.04. The van der Waals surface area contributed by atoms with Crippen molar-refractivity contribution in [1.29, 1.82) is 0 Å². The highest BCUT2D eigenvalue weighted by molar-refractivity contribution is 7.93. The Morgan fingerprint density at radius 2 is 1.49 bits per heavy atom. The van der Waals surface area contributed by atoms with E-state index in [0.717, 1.165) is 16.7 Å². The topological polar surface area (TPSA) is 57.7 Å². The van der Waals surface area contributed by atoms with Gasteiger partial charge in [0.05, 0.1) is 17.3 Å². The lowest BCUT2D eigenvalue weighted by atomic mass is 9.84. The number of rotatable bonds is 7. The number of benzene rings is 5. The van der Waals surface area contributed by atoms with Crippen LogP contribution in [-0.2, 0) is 23.1 Å². The van der Waals surface area contributed by atoms with Crippen LogP contribution in [0.25, 0.3) is 0 Å². The predicted octanol–water partition coefficient (Wildman–Crippen LogP) is 7.66. The van der Waals surface area contributed by atoms with E-state index in [0.29, 0.717) is 13.1 Å². The SMILES string of the molecule is O=C(c1ccc(Cl)c(S(=O)(=O)N(Cc2ccccc2)c2ccc(F)cc2)c1)N1Cc2ccccc2C(c2ccccc2)C1. The Hall–Kier alpha value is -4.46. The molecule has 8 heteroatoms. The van der Waals surface area contributed by atoms with Crippen molar-refractivity contribution in [3.8, 4) is 0 Å². The fourth-order valence-electron chi connectivity index (χ4n) is 5.54. The number of halogens is 2. The van der Waals surface area contributed by atoms with Crippen molar-refractivity contribution in [2.75, 3.05) is 10.8 Å². The van der Waals surface area contributed by atoms with Gasteiger partial charge in [-0.3, -0.25) is 9.10 Å². The summed E-state index contributed by atoms with van der Waals surface area (Å²) in [6, 6.07) is 36.8. The van der Waals surface area contributed by atoms with Gasteiger partial charge in [0.15, 0.2) is 0 Å². The van der Waals surface area contributed by atoms with Crippen LogP contribution in [0.5, 0.6) is 0 Å². The van der Waals surface area contributed by atoms with E-state index in [9.17, 15) is 17.6 Å². The Morgan fingerprint density at radius 3 is 2.21 bits per heavy atom.